The Labute approximate surface area is 355 Å². The predicted molar refractivity (Wildman–Crippen MR) is 255 cm³/mol. The van der Waals surface area contributed by atoms with Gasteiger partial charge in [-0.2, -0.15) is 0 Å². The van der Waals surface area contributed by atoms with Crippen LogP contribution in [0.25, 0.3) is 88.0 Å². The minimum absolute atomic E-state index is 0.568. The molecule has 1 fully saturated rings. The molecule has 3 heteroatoms. The fraction of sp³-hybridized carbons (Fsp3) is 0.103. The molecule has 1 aliphatic rings. The van der Waals surface area contributed by atoms with E-state index in [0.29, 0.717) is 5.92 Å². The molecule has 9 aromatic carbocycles. The largest absolute Gasteiger partial charge is 0.456 e. The van der Waals surface area contributed by atoms with E-state index in [1.807, 2.05) is 12.1 Å². The Bertz CT molecular complexity index is 3270. The average Bonchev–Trinajstić information content (AvgIpc) is 3.91. The molecule has 0 aliphatic heterocycles. The van der Waals surface area contributed by atoms with Crippen LogP contribution < -0.4 is 4.90 Å². The summed E-state index contributed by atoms with van der Waals surface area (Å²) in [4.78, 5) is 2.46. The van der Waals surface area contributed by atoms with Gasteiger partial charge in [0.2, 0.25) is 0 Å². The van der Waals surface area contributed by atoms with Gasteiger partial charge in [0.15, 0.2) is 0 Å². The maximum absolute atomic E-state index is 6.37. The molecular weight excluding hydrogens is 743 g/mol. The van der Waals surface area contributed by atoms with Gasteiger partial charge in [-0.15, -0.1) is 0 Å². The number of para-hydroxylation sites is 3. The Hall–Kier alpha value is -7.36. The summed E-state index contributed by atoms with van der Waals surface area (Å²) >= 11 is 0. The lowest BCUT2D eigenvalue weighted by molar-refractivity contribution is 0.445. The first-order valence-corrected chi connectivity index (χ1v) is 21.7. The number of rotatable bonds is 7. The monoisotopic (exact) mass is 785 g/mol. The Morgan fingerprint density at radius 2 is 0.869 bits per heavy atom. The summed E-state index contributed by atoms with van der Waals surface area (Å²) in [6.45, 7) is 0. The molecule has 0 bridgehead atoms. The van der Waals surface area contributed by atoms with Crippen LogP contribution in [0.15, 0.2) is 203 Å². The summed E-state index contributed by atoms with van der Waals surface area (Å²) < 4.78 is 12.7. The van der Waals surface area contributed by atoms with Crippen molar-refractivity contribution < 1.29 is 8.83 Å². The summed E-state index contributed by atoms with van der Waals surface area (Å²) in [7, 11) is 0. The Morgan fingerprint density at radius 3 is 1.51 bits per heavy atom. The van der Waals surface area contributed by atoms with Gasteiger partial charge in [0.05, 0.1) is 5.69 Å². The van der Waals surface area contributed by atoms with Gasteiger partial charge in [-0.1, -0.05) is 159 Å². The smallest absolute Gasteiger partial charge is 0.136 e. The van der Waals surface area contributed by atoms with Crippen molar-refractivity contribution in [3.63, 3.8) is 0 Å². The number of hydrogen-bond donors (Lipinski definition) is 0. The van der Waals surface area contributed by atoms with Gasteiger partial charge in [0.1, 0.15) is 22.3 Å². The lowest BCUT2D eigenvalue weighted by Crippen LogP contribution is -2.12. The van der Waals surface area contributed by atoms with Gasteiger partial charge < -0.3 is 13.7 Å². The molecule has 1 saturated carbocycles. The topological polar surface area (TPSA) is 29.5 Å². The van der Waals surface area contributed by atoms with Crippen molar-refractivity contribution in [2.75, 3.05) is 4.90 Å². The van der Waals surface area contributed by atoms with Crippen LogP contribution in [0.4, 0.5) is 17.1 Å². The first-order chi connectivity index (χ1) is 30.3. The van der Waals surface area contributed by atoms with Crippen LogP contribution in [0.3, 0.4) is 0 Å². The van der Waals surface area contributed by atoms with E-state index in [4.69, 9.17) is 8.83 Å². The van der Waals surface area contributed by atoms with Gasteiger partial charge in [0, 0.05) is 38.5 Å². The molecule has 3 nitrogen and oxygen atoms in total. The minimum Gasteiger partial charge on any atom is -0.456 e. The van der Waals surface area contributed by atoms with Crippen LogP contribution in [0, 0.1) is 0 Å². The number of nitrogens with zero attached hydrogens (tertiary/aromatic N) is 1. The Balaban J connectivity index is 1.09. The fourth-order valence-corrected chi connectivity index (χ4v) is 10.3. The van der Waals surface area contributed by atoms with Gasteiger partial charge in [-0.25, -0.2) is 0 Å². The molecule has 292 valence electrons. The molecule has 0 saturated heterocycles. The zero-order valence-corrected chi connectivity index (χ0v) is 33.9. The van der Waals surface area contributed by atoms with E-state index < -0.39 is 0 Å². The normalized spacial score (nSPS) is 13.5. The van der Waals surface area contributed by atoms with E-state index >= 15 is 0 Å². The molecule has 2 aromatic heterocycles. The molecule has 0 N–H and O–H groups in total. The lowest BCUT2D eigenvalue weighted by atomic mass is 9.80. The van der Waals surface area contributed by atoms with Crippen LogP contribution >= 0.6 is 0 Å². The number of hydrogen-bond acceptors (Lipinski definition) is 3. The molecule has 0 unspecified atom stereocenters. The molecule has 11 aromatic rings. The van der Waals surface area contributed by atoms with Crippen molar-refractivity contribution in [1.29, 1.82) is 0 Å². The van der Waals surface area contributed by atoms with E-state index in [1.165, 1.54) is 59.6 Å². The summed E-state index contributed by atoms with van der Waals surface area (Å²) in [5.74, 6) is 0.568. The van der Waals surface area contributed by atoms with E-state index in [9.17, 15) is 0 Å². The van der Waals surface area contributed by atoms with Crippen molar-refractivity contribution in [1.82, 2.24) is 0 Å². The van der Waals surface area contributed by atoms with Crippen molar-refractivity contribution in [3.8, 4) is 33.4 Å². The van der Waals surface area contributed by atoms with Crippen LogP contribution in [0.5, 0.6) is 0 Å². The molecule has 61 heavy (non-hydrogen) atoms. The second-order valence-corrected chi connectivity index (χ2v) is 16.6. The van der Waals surface area contributed by atoms with Gasteiger partial charge in [0.25, 0.3) is 0 Å². The zero-order valence-electron chi connectivity index (χ0n) is 33.9. The van der Waals surface area contributed by atoms with E-state index in [2.05, 4.69) is 187 Å². The molecule has 0 spiro atoms. The summed E-state index contributed by atoms with van der Waals surface area (Å²) in [6, 6.07) is 70.4. The van der Waals surface area contributed by atoms with Crippen LogP contribution in [0.2, 0.25) is 0 Å². The van der Waals surface area contributed by atoms with Crippen molar-refractivity contribution >= 4 is 71.7 Å². The van der Waals surface area contributed by atoms with E-state index in [-0.39, 0.29) is 0 Å². The van der Waals surface area contributed by atoms with Crippen LogP contribution in [0.1, 0.15) is 43.6 Å². The second-order valence-electron chi connectivity index (χ2n) is 16.6. The first kappa shape index (κ1) is 35.6. The van der Waals surface area contributed by atoms with Crippen molar-refractivity contribution in [2.45, 2.75) is 38.0 Å². The SMILES string of the molecule is c1cc(-c2cccc3oc4ccccc4c23)cc(N(c2cccc(-c3cccc4oc5ccccc5c34)c2)c2ccccc2-c2cccc3cccc(C4CCCCC4)c23)c1. The zero-order chi connectivity index (χ0) is 40.3. The molecule has 0 amide bonds. The van der Waals surface area contributed by atoms with Crippen LogP contribution in [-0.2, 0) is 0 Å². The number of anilines is 3. The Kier molecular flexibility index (Phi) is 8.59. The van der Waals surface area contributed by atoms with Crippen molar-refractivity contribution in [2.24, 2.45) is 0 Å². The van der Waals surface area contributed by atoms with E-state index in [0.717, 1.165) is 83.2 Å². The summed E-state index contributed by atoms with van der Waals surface area (Å²) in [5, 5.41) is 7.19. The maximum atomic E-state index is 6.37. The first-order valence-electron chi connectivity index (χ1n) is 21.7. The van der Waals surface area contributed by atoms with Gasteiger partial charge >= 0.3 is 0 Å². The Morgan fingerprint density at radius 1 is 0.377 bits per heavy atom. The second kappa shape index (κ2) is 14.7. The van der Waals surface area contributed by atoms with Crippen LogP contribution in [-0.4, -0.2) is 0 Å². The highest BCUT2D eigenvalue weighted by molar-refractivity contribution is 6.14. The van der Waals surface area contributed by atoms with Gasteiger partial charge in [-0.3, -0.25) is 0 Å². The molecule has 0 atom stereocenters. The average molecular weight is 786 g/mol. The fourth-order valence-electron chi connectivity index (χ4n) is 10.3. The third-order valence-corrected chi connectivity index (χ3v) is 13.1. The quantitative estimate of drug-likeness (QED) is 0.161. The highest BCUT2D eigenvalue weighted by Crippen LogP contribution is 2.48. The molecular formula is C58H43NO2. The highest BCUT2D eigenvalue weighted by atomic mass is 16.3. The van der Waals surface area contributed by atoms with Gasteiger partial charge in [-0.05, 0) is 118 Å². The third-order valence-electron chi connectivity index (χ3n) is 13.1. The summed E-state index contributed by atoms with van der Waals surface area (Å²) in [6.07, 6.45) is 6.42. The van der Waals surface area contributed by atoms with Crippen molar-refractivity contribution in [3.05, 3.63) is 200 Å². The number of furan rings is 2. The molecule has 1 aliphatic carbocycles. The van der Waals surface area contributed by atoms with E-state index in [1.54, 1.807) is 0 Å². The minimum atomic E-state index is 0.568. The number of fused-ring (bicyclic) bond motifs is 7. The predicted octanol–water partition coefficient (Wildman–Crippen LogP) is 17.2. The maximum Gasteiger partial charge on any atom is 0.136 e. The lowest BCUT2D eigenvalue weighted by Gasteiger charge is -2.30. The molecule has 0 radical (unpaired) electrons. The summed E-state index contributed by atoms with van der Waals surface area (Å²) in [5.41, 5.74) is 15.4. The molecule has 12 rings (SSSR count). The molecule has 2 heterocycles. The highest BCUT2D eigenvalue weighted by Gasteiger charge is 2.24. The standard InChI is InChI=1S/C58H43NO2/c1-2-16-38(17-3-1)44-27-12-18-39-19-13-30-48(56(39)44)47-24-4-7-31-51(47)59(42-22-10-20-40(36-42)45-28-14-34-54-57(45)49-25-5-8-32-52(49)60-54)43-23-11-21-41(37-43)46-29-15-35-55-58(46)50-26-6-9-33-53(50)61-55/h4-15,18-38H,1-3,16-17H2. The number of benzene rings is 9. The third kappa shape index (κ3) is 6.03.